The van der Waals surface area contributed by atoms with E-state index < -0.39 is 0 Å². The van der Waals surface area contributed by atoms with Crippen molar-refractivity contribution in [2.75, 3.05) is 4.90 Å². The van der Waals surface area contributed by atoms with E-state index >= 15 is 0 Å². The average molecular weight is 425 g/mol. The Morgan fingerprint density at radius 3 is 2.09 bits per heavy atom. The summed E-state index contributed by atoms with van der Waals surface area (Å²) in [5.74, 6) is 0.470. The molecule has 1 aliphatic heterocycles. The van der Waals surface area contributed by atoms with Crippen LogP contribution in [0.2, 0.25) is 0 Å². The maximum atomic E-state index is 2.52. The molecule has 2 heterocycles. The zero-order chi connectivity index (χ0) is 21.8. The highest BCUT2D eigenvalue weighted by Gasteiger charge is 2.31. The fourth-order valence-corrected chi connectivity index (χ4v) is 5.74. The van der Waals surface area contributed by atoms with Gasteiger partial charge in [-0.3, -0.25) is 0 Å². The van der Waals surface area contributed by atoms with Gasteiger partial charge in [-0.2, -0.15) is 0 Å². The van der Waals surface area contributed by atoms with Crippen LogP contribution in [0.15, 0.2) is 121 Å². The first-order valence-corrected chi connectivity index (χ1v) is 11.7. The van der Waals surface area contributed by atoms with Crippen molar-refractivity contribution in [2.45, 2.75) is 18.4 Å². The molecule has 158 valence electrons. The number of aromatic nitrogens is 1. The highest BCUT2D eigenvalue weighted by molar-refractivity contribution is 6.09. The van der Waals surface area contributed by atoms with Gasteiger partial charge in [-0.25, -0.2) is 0 Å². The van der Waals surface area contributed by atoms with Crippen molar-refractivity contribution in [2.24, 2.45) is 0 Å². The van der Waals surface area contributed by atoms with Crippen LogP contribution in [-0.4, -0.2) is 10.6 Å². The number of anilines is 2. The molecule has 4 aromatic carbocycles. The van der Waals surface area contributed by atoms with Gasteiger partial charge in [0.25, 0.3) is 0 Å². The van der Waals surface area contributed by atoms with Crippen molar-refractivity contribution in [3.8, 4) is 5.69 Å². The molecule has 0 radical (unpaired) electrons. The summed E-state index contributed by atoms with van der Waals surface area (Å²) < 4.78 is 2.40. The highest BCUT2D eigenvalue weighted by atomic mass is 15.2. The molecule has 0 spiro atoms. The number of para-hydroxylation sites is 3. The van der Waals surface area contributed by atoms with Gasteiger partial charge in [-0.15, -0.1) is 0 Å². The average Bonchev–Trinajstić information content (AvgIpc) is 3.06. The van der Waals surface area contributed by atoms with Crippen LogP contribution >= 0.6 is 0 Å². The Kier molecular flexibility index (Phi) is 4.07. The van der Waals surface area contributed by atoms with E-state index in [-0.39, 0.29) is 0 Å². The molecule has 0 fully saturated rings. The van der Waals surface area contributed by atoms with E-state index in [1.54, 1.807) is 0 Å². The van der Waals surface area contributed by atoms with Gasteiger partial charge in [0.1, 0.15) is 0 Å². The van der Waals surface area contributed by atoms with E-state index in [0.717, 1.165) is 6.42 Å². The van der Waals surface area contributed by atoms with E-state index in [2.05, 4.69) is 131 Å². The Morgan fingerprint density at radius 1 is 0.606 bits per heavy atom. The van der Waals surface area contributed by atoms with Gasteiger partial charge in [-0.05, 0) is 48.4 Å². The van der Waals surface area contributed by atoms with Crippen LogP contribution in [0.25, 0.3) is 27.5 Å². The molecule has 0 amide bonds. The molecule has 33 heavy (non-hydrogen) atoms. The zero-order valence-corrected chi connectivity index (χ0v) is 18.3. The van der Waals surface area contributed by atoms with Crippen molar-refractivity contribution >= 4 is 33.2 Å². The van der Waals surface area contributed by atoms with Crippen LogP contribution < -0.4 is 4.90 Å². The molecule has 2 bridgehead atoms. The van der Waals surface area contributed by atoms with Crippen molar-refractivity contribution in [1.29, 1.82) is 0 Å². The lowest BCUT2D eigenvalue weighted by atomic mass is 9.86. The Bertz CT molecular complexity index is 1520. The maximum absolute atomic E-state index is 2.52. The Hall–Kier alpha value is -4.04. The Balaban J connectivity index is 1.45. The topological polar surface area (TPSA) is 8.17 Å². The number of rotatable bonds is 2. The second-order valence-corrected chi connectivity index (χ2v) is 9.00. The number of hydrogen-bond donors (Lipinski definition) is 0. The van der Waals surface area contributed by atoms with Gasteiger partial charge in [0.15, 0.2) is 0 Å². The second-order valence-electron chi connectivity index (χ2n) is 9.00. The molecule has 1 aromatic heterocycles. The van der Waals surface area contributed by atoms with Crippen LogP contribution in [0.4, 0.5) is 11.4 Å². The molecule has 2 heteroatoms. The molecule has 2 atom stereocenters. The quantitative estimate of drug-likeness (QED) is 0.279. The van der Waals surface area contributed by atoms with Crippen LogP contribution in [0, 0.1) is 0 Å². The van der Waals surface area contributed by atoms with Gasteiger partial charge in [0, 0.05) is 33.8 Å². The molecule has 1 aliphatic carbocycles. The first-order chi connectivity index (χ1) is 16.4. The lowest BCUT2D eigenvalue weighted by Gasteiger charge is -2.40. The lowest BCUT2D eigenvalue weighted by molar-refractivity contribution is 0.620. The van der Waals surface area contributed by atoms with Crippen LogP contribution in [-0.2, 0) is 0 Å². The number of hydrogen-bond acceptors (Lipinski definition) is 1. The third-order valence-electron chi connectivity index (χ3n) is 7.16. The molecule has 0 saturated heterocycles. The van der Waals surface area contributed by atoms with Gasteiger partial charge < -0.3 is 9.47 Å². The predicted molar refractivity (Wildman–Crippen MR) is 139 cm³/mol. The lowest BCUT2D eigenvalue weighted by Crippen LogP contribution is -2.35. The van der Waals surface area contributed by atoms with Crippen LogP contribution in [0.3, 0.4) is 0 Å². The van der Waals surface area contributed by atoms with Gasteiger partial charge >= 0.3 is 0 Å². The molecular weight excluding hydrogens is 400 g/mol. The standard InChI is InChI=1S/C31H24N2/c1-2-11-23-20-22(10-1)26-14-3-6-17-29(26)32(23)24-12-9-13-25(21-24)33-30-18-7-4-15-27(30)28-16-5-8-19-31(28)33/h1-19,21-23H,20H2. The summed E-state index contributed by atoms with van der Waals surface area (Å²) in [4.78, 5) is 2.52. The largest absolute Gasteiger partial charge is 0.334 e. The number of nitrogens with zero attached hydrogens (tertiary/aromatic N) is 2. The van der Waals surface area contributed by atoms with E-state index in [4.69, 9.17) is 0 Å². The summed E-state index contributed by atoms with van der Waals surface area (Å²) >= 11 is 0. The minimum atomic E-state index is 0.341. The zero-order valence-electron chi connectivity index (χ0n) is 18.3. The molecule has 0 N–H and O–H groups in total. The summed E-state index contributed by atoms with van der Waals surface area (Å²) in [6, 6.07) is 35.7. The van der Waals surface area contributed by atoms with Crippen molar-refractivity contribution in [3.05, 3.63) is 127 Å². The third kappa shape index (κ3) is 2.81. The molecular formula is C31H24N2. The fourth-order valence-electron chi connectivity index (χ4n) is 5.74. The molecule has 2 unspecified atom stereocenters. The normalized spacial score (nSPS) is 19.1. The summed E-state index contributed by atoms with van der Waals surface area (Å²) in [6.07, 6.45) is 10.2. The SMILES string of the molecule is C1=CC2CC(C=C1)N(c1cccc(-n3c4ccccc4c4ccccc43)c1)c1ccccc12. The van der Waals surface area contributed by atoms with Crippen molar-refractivity contribution in [3.63, 3.8) is 0 Å². The van der Waals surface area contributed by atoms with Gasteiger partial charge in [0.05, 0.1) is 17.1 Å². The Morgan fingerprint density at radius 2 is 1.27 bits per heavy atom. The van der Waals surface area contributed by atoms with E-state index in [1.165, 1.54) is 44.4 Å². The molecule has 7 rings (SSSR count). The first-order valence-electron chi connectivity index (χ1n) is 11.7. The second kappa shape index (κ2) is 7.25. The minimum absolute atomic E-state index is 0.341. The minimum Gasteiger partial charge on any atom is -0.334 e. The number of benzene rings is 4. The van der Waals surface area contributed by atoms with Crippen molar-refractivity contribution < 1.29 is 0 Å². The monoisotopic (exact) mass is 424 g/mol. The number of allylic oxidation sites excluding steroid dienone is 3. The van der Waals surface area contributed by atoms with Gasteiger partial charge in [-0.1, -0.05) is 85.0 Å². The molecule has 2 aliphatic rings. The summed E-state index contributed by atoms with van der Waals surface area (Å²) in [5, 5.41) is 2.59. The summed E-state index contributed by atoms with van der Waals surface area (Å²) in [5.41, 5.74) is 7.64. The predicted octanol–water partition coefficient (Wildman–Crippen LogP) is 7.90. The fraction of sp³-hybridized carbons (Fsp3) is 0.0968. The van der Waals surface area contributed by atoms with Gasteiger partial charge in [0.2, 0.25) is 0 Å². The van der Waals surface area contributed by atoms with Crippen LogP contribution in [0.5, 0.6) is 0 Å². The smallest absolute Gasteiger partial charge is 0.0541 e. The van der Waals surface area contributed by atoms with E-state index in [1.807, 2.05) is 0 Å². The maximum Gasteiger partial charge on any atom is 0.0541 e. The van der Waals surface area contributed by atoms with Crippen molar-refractivity contribution in [1.82, 2.24) is 4.57 Å². The molecule has 2 nitrogen and oxygen atoms in total. The van der Waals surface area contributed by atoms with Crippen LogP contribution in [0.1, 0.15) is 17.9 Å². The molecule has 5 aromatic rings. The number of fused-ring (bicyclic) bond motifs is 7. The highest BCUT2D eigenvalue weighted by Crippen LogP contribution is 2.45. The Labute approximate surface area is 193 Å². The summed E-state index contributed by atoms with van der Waals surface area (Å²) in [7, 11) is 0. The van der Waals surface area contributed by atoms with E-state index in [0.29, 0.717) is 12.0 Å². The van der Waals surface area contributed by atoms with E-state index in [9.17, 15) is 0 Å². The third-order valence-corrected chi connectivity index (χ3v) is 7.16. The molecule has 0 saturated carbocycles. The summed E-state index contributed by atoms with van der Waals surface area (Å²) in [6.45, 7) is 0. The first kappa shape index (κ1) is 18.5.